The zero-order valence-electron chi connectivity index (χ0n) is 3.45. The Labute approximate surface area is 42.3 Å². The van der Waals surface area contributed by atoms with Gasteiger partial charge in [0.25, 0.3) is 0 Å². The van der Waals surface area contributed by atoms with Crippen molar-refractivity contribution in [3.05, 3.63) is 6.92 Å². The van der Waals surface area contributed by atoms with Crippen LogP contribution in [0, 0.1) is 6.92 Å². The van der Waals surface area contributed by atoms with E-state index in [0.29, 0.717) is 12.3 Å². The van der Waals surface area contributed by atoms with Crippen molar-refractivity contribution in [2.75, 3.05) is 5.88 Å². The van der Waals surface area contributed by atoms with Crippen LogP contribution in [0.15, 0.2) is 0 Å². The number of hydrogen-bond donors (Lipinski definition) is 0. The summed E-state index contributed by atoms with van der Waals surface area (Å²) in [6.07, 6.45) is -0.621. The summed E-state index contributed by atoms with van der Waals surface area (Å²) in [5.41, 5.74) is 0. The third-order valence-electron chi connectivity index (χ3n) is 0.422. The van der Waals surface area contributed by atoms with E-state index < -0.39 is 6.17 Å². The molecule has 0 saturated carbocycles. The number of hydrogen-bond acceptors (Lipinski definition) is 0. The second-order valence-electron chi connectivity index (χ2n) is 1.07. The van der Waals surface area contributed by atoms with E-state index in [2.05, 4.69) is 6.92 Å². The first-order chi connectivity index (χ1) is 2.77. The Balaban J connectivity index is 2.63. The van der Waals surface area contributed by atoms with Crippen molar-refractivity contribution in [2.45, 2.75) is 12.6 Å². The number of halogens is 2. The normalized spacial score (nSPS) is 14.5. The second kappa shape index (κ2) is 3.41. The molecule has 0 amide bonds. The lowest BCUT2D eigenvalue weighted by Crippen LogP contribution is -1.91. The Kier molecular flexibility index (Phi) is 3.54. The van der Waals surface area contributed by atoms with Gasteiger partial charge in [0.2, 0.25) is 0 Å². The van der Waals surface area contributed by atoms with Crippen LogP contribution in [0.3, 0.4) is 0 Å². The summed E-state index contributed by atoms with van der Waals surface area (Å²) in [4.78, 5) is 0. The average molecular weight is 110 g/mol. The maximum Gasteiger partial charge on any atom is 0.101 e. The lowest BCUT2D eigenvalue weighted by molar-refractivity contribution is 0.389. The Morgan fingerprint density at radius 1 is 1.83 bits per heavy atom. The van der Waals surface area contributed by atoms with Crippen molar-refractivity contribution >= 4 is 11.6 Å². The first-order valence-electron chi connectivity index (χ1n) is 1.80. The smallest absolute Gasteiger partial charge is 0.101 e. The van der Waals surface area contributed by atoms with E-state index in [1.54, 1.807) is 0 Å². The summed E-state index contributed by atoms with van der Waals surface area (Å²) < 4.78 is 11.5. The van der Waals surface area contributed by atoms with Gasteiger partial charge < -0.3 is 0 Å². The van der Waals surface area contributed by atoms with E-state index in [4.69, 9.17) is 11.6 Å². The SMILES string of the molecule is [CH2]C(F)CCCl. The predicted molar refractivity (Wildman–Crippen MR) is 25.6 cm³/mol. The monoisotopic (exact) mass is 109 g/mol. The summed E-state index contributed by atoms with van der Waals surface area (Å²) in [5.74, 6) is 0.366. The molecule has 6 heavy (non-hydrogen) atoms. The largest absolute Gasteiger partial charge is 0.247 e. The summed E-state index contributed by atoms with van der Waals surface area (Å²) in [6.45, 7) is 3.08. The van der Waals surface area contributed by atoms with Gasteiger partial charge in [0, 0.05) is 5.88 Å². The van der Waals surface area contributed by atoms with E-state index >= 15 is 0 Å². The highest BCUT2D eigenvalue weighted by Crippen LogP contribution is 1.94. The molecule has 0 saturated heterocycles. The molecule has 0 aromatic rings. The fourth-order valence-electron chi connectivity index (χ4n) is 0.118. The molecule has 0 aliphatic carbocycles. The molecule has 0 N–H and O–H groups in total. The summed E-state index contributed by atoms with van der Waals surface area (Å²) >= 11 is 5.12. The summed E-state index contributed by atoms with van der Waals surface area (Å²) in [6, 6.07) is 0. The van der Waals surface area contributed by atoms with Gasteiger partial charge in [-0.05, 0) is 13.3 Å². The third-order valence-corrected chi connectivity index (χ3v) is 0.641. The van der Waals surface area contributed by atoms with E-state index in [1.807, 2.05) is 0 Å². The van der Waals surface area contributed by atoms with Gasteiger partial charge in [-0.15, -0.1) is 11.6 Å². The number of rotatable bonds is 2. The van der Waals surface area contributed by atoms with Crippen LogP contribution in [0.1, 0.15) is 6.42 Å². The molecule has 1 unspecified atom stereocenters. The van der Waals surface area contributed by atoms with Crippen molar-refractivity contribution in [2.24, 2.45) is 0 Å². The Bertz CT molecular complexity index is 28.7. The van der Waals surface area contributed by atoms with Crippen molar-refractivity contribution < 1.29 is 4.39 Å². The van der Waals surface area contributed by atoms with Crippen LogP contribution >= 0.6 is 11.6 Å². The first-order valence-corrected chi connectivity index (χ1v) is 2.34. The summed E-state index contributed by atoms with van der Waals surface area (Å²) in [5, 5.41) is 0. The van der Waals surface area contributed by atoms with Crippen LogP contribution in [0.4, 0.5) is 4.39 Å². The molecule has 0 rings (SSSR count). The Hall–Kier alpha value is 0.220. The average Bonchev–Trinajstić information content (AvgIpc) is 1.35. The van der Waals surface area contributed by atoms with Crippen LogP contribution in [0.2, 0.25) is 0 Å². The van der Waals surface area contributed by atoms with Gasteiger partial charge in [0.15, 0.2) is 0 Å². The topological polar surface area (TPSA) is 0 Å². The number of alkyl halides is 2. The molecular formula is C4H7ClF. The van der Waals surface area contributed by atoms with Crippen molar-refractivity contribution in [3.8, 4) is 0 Å². The molecule has 0 bridgehead atoms. The second-order valence-corrected chi connectivity index (χ2v) is 1.45. The fourth-order valence-corrected chi connectivity index (χ4v) is 0.355. The molecule has 0 aromatic carbocycles. The van der Waals surface area contributed by atoms with Crippen molar-refractivity contribution in [1.82, 2.24) is 0 Å². The molecule has 0 nitrogen and oxygen atoms in total. The molecule has 0 heterocycles. The fraction of sp³-hybridized carbons (Fsp3) is 0.750. The molecule has 37 valence electrons. The van der Waals surface area contributed by atoms with E-state index in [0.717, 1.165) is 0 Å². The predicted octanol–water partition coefficient (Wildman–Crippen LogP) is 1.79. The van der Waals surface area contributed by atoms with Crippen molar-refractivity contribution in [1.29, 1.82) is 0 Å². The first kappa shape index (κ1) is 6.22. The third kappa shape index (κ3) is 4.22. The van der Waals surface area contributed by atoms with Gasteiger partial charge in [-0.2, -0.15) is 0 Å². The molecule has 0 spiro atoms. The molecule has 0 fully saturated rings. The quantitative estimate of drug-likeness (QED) is 0.475. The minimum atomic E-state index is -0.984. The standard InChI is InChI=1S/C4H7ClF/c1-4(6)2-3-5/h4H,1-3H2. The minimum Gasteiger partial charge on any atom is -0.247 e. The van der Waals surface area contributed by atoms with E-state index in [-0.39, 0.29) is 0 Å². The van der Waals surface area contributed by atoms with Gasteiger partial charge >= 0.3 is 0 Å². The molecule has 1 radical (unpaired) electrons. The molecular weight excluding hydrogens is 102 g/mol. The highest BCUT2D eigenvalue weighted by atomic mass is 35.5. The summed E-state index contributed by atoms with van der Waals surface area (Å²) in [7, 11) is 0. The molecule has 0 aliphatic heterocycles. The van der Waals surface area contributed by atoms with Crippen LogP contribution in [0.5, 0.6) is 0 Å². The molecule has 0 aliphatic rings. The van der Waals surface area contributed by atoms with Crippen LogP contribution in [-0.4, -0.2) is 12.1 Å². The zero-order chi connectivity index (χ0) is 4.99. The van der Waals surface area contributed by atoms with Gasteiger partial charge in [-0.1, -0.05) is 0 Å². The van der Waals surface area contributed by atoms with Gasteiger partial charge in [0.1, 0.15) is 6.17 Å². The highest BCUT2D eigenvalue weighted by Gasteiger charge is 1.91. The van der Waals surface area contributed by atoms with Crippen LogP contribution in [-0.2, 0) is 0 Å². The zero-order valence-corrected chi connectivity index (χ0v) is 4.21. The van der Waals surface area contributed by atoms with Gasteiger partial charge in [-0.25, -0.2) is 4.39 Å². The lowest BCUT2D eigenvalue weighted by atomic mass is 10.3. The Morgan fingerprint density at radius 3 is 2.33 bits per heavy atom. The maximum absolute atomic E-state index is 11.5. The van der Waals surface area contributed by atoms with E-state index in [9.17, 15) is 4.39 Å². The van der Waals surface area contributed by atoms with Crippen LogP contribution < -0.4 is 0 Å². The molecule has 1 atom stereocenters. The minimum absolute atomic E-state index is 0.363. The van der Waals surface area contributed by atoms with Gasteiger partial charge in [-0.3, -0.25) is 0 Å². The maximum atomic E-state index is 11.5. The van der Waals surface area contributed by atoms with E-state index in [1.165, 1.54) is 0 Å². The van der Waals surface area contributed by atoms with Crippen LogP contribution in [0.25, 0.3) is 0 Å². The molecule has 0 aromatic heterocycles. The molecule has 2 heteroatoms. The van der Waals surface area contributed by atoms with Gasteiger partial charge in [0.05, 0.1) is 0 Å². The Morgan fingerprint density at radius 2 is 2.33 bits per heavy atom. The lowest BCUT2D eigenvalue weighted by Gasteiger charge is -1.90. The highest BCUT2D eigenvalue weighted by molar-refractivity contribution is 6.17. The van der Waals surface area contributed by atoms with Crippen molar-refractivity contribution in [3.63, 3.8) is 0 Å².